The molecule has 2 aromatic rings. The lowest BCUT2D eigenvalue weighted by Crippen LogP contribution is -2.07. The van der Waals surface area contributed by atoms with Crippen molar-refractivity contribution in [3.63, 3.8) is 0 Å². The second-order valence-corrected chi connectivity index (χ2v) is 2.81. The molecule has 0 unspecified atom stereocenters. The minimum Gasteiger partial charge on any atom is -0.357 e. The van der Waals surface area contributed by atoms with E-state index in [-0.39, 0.29) is 16.5 Å². The number of hydrogen-bond acceptors (Lipinski definition) is 2. The molecule has 4 heteroatoms. The summed E-state index contributed by atoms with van der Waals surface area (Å²) in [4.78, 5) is 14.1. The van der Waals surface area contributed by atoms with E-state index in [1.54, 1.807) is 6.07 Å². The average molecular weight is 188 g/mol. The van der Waals surface area contributed by atoms with Gasteiger partial charge in [0, 0.05) is 11.6 Å². The number of halogens is 1. The predicted octanol–water partition coefficient (Wildman–Crippen LogP) is 1.54. The van der Waals surface area contributed by atoms with Crippen LogP contribution in [0, 0.1) is 17.1 Å². The van der Waals surface area contributed by atoms with Crippen LogP contribution >= 0.6 is 0 Å². The topological polar surface area (TPSA) is 56.6 Å². The van der Waals surface area contributed by atoms with Crippen molar-refractivity contribution >= 4 is 10.9 Å². The summed E-state index contributed by atoms with van der Waals surface area (Å²) < 4.78 is 13.1. The van der Waals surface area contributed by atoms with Crippen LogP contribution in [0.1, 0.15) is 5.56 Å². The van der Waals surface area contributed by atoms with Gasteiger partial charge in [0.1, 0.15) is 17.4 Å². The van der Waals surface area contributed by atoms with Crippen LogP contribution in [0.2, 0.25) is 0 Å². The Kier molecular flexibility index (Phi) is 1.79. The van der Waals surface area contributed by atoms with E-state index in [9.17, 15) is 9.18 Å². The number of fused-ring (bicyclic) bond motifs is 1. The molecule has 0 amide bonds. The zero-order valence-electron chi connectivity index (χ0n) is 7.04. The Bertz CT molecular complexity index is 595. The van der Waals surface area contributed by atoms with Gasteiger partial charge in [-0.3, -0.25) is 4.79 Å². The van der Waals surface area contributed by atoms with E-state index in [1.807, 2.05) is 0 Å². The number of rotatable bonds is 0. The van der Waals surface area contributed by atoms with Gasteiger partial charge in [-0.25, -0.2) is 4.39 Å². The molecule has 2 rings (SSSR count). The number of H-pyrrole nitrogens is 1. The molecule has 0 fully saturated rings. The van der Waals surface area contributed by atoms with E-state index in [4.69, 9.17) is 5.26 Å². The summed E-state index contributed by atoms with van der Waals surface area (Å²) in [6.07, 6.45) is 1.22. The third-order valence-electron chi connectivity index (χ3n) is 1.98. The van der Waals surface area contributed by atoms with Crippen LogP contribution in [0.4, 0.5) is 4.39 Å². The van der Waals surface area contributed by atoms with Crippen LogP contribution in [0.5, 0.6) is 0 Å². The minimum absolute atomic E-state index is 0.0110. The van der Waals surface area contributed by atoms with Crippen molar-refractivity contribution in [3.8, 4) is 6.07 Å². The molecule has 0 spiro atoms. The van der Waals surface area contributed by atoms with E-state index < -0.39 is 11.2 Å². The second kappa shape index (κ2) is 2.96. The van der Waals surface area contributed by atoms with Crippen molar-refractivity contribution in [2.45, 2.75) is 0 Å². The number of aromatic amines is 1. The molecule has 14 heavy (non-hydrogen) atoms. The number of nitriles is 1. The lowest BCUT2D eigenvalue weighted by atomic mass is 10.1. The summed E-state index contributed by atoms with van der Waals surface area (Å²) in [5.41, 5.74) is -0.319. The molecule has 0 bridgehead atoms. The van der Waals surface area contributed by atoms with Gasteiger partial charge in [-0.1, -0.05) is 6.07 Å². The molecular weight excluding hydrogens is 183 g/mol. The molecule has 0 radical (unpaired) electrons. The number of hydrogen-bond donors (Lipinski definition) is 1. The molecular formula is C10H5FN2O. The predicted molar refractivity (Wildman–Crippen MR) is 49.2 cm³/mol. The molecule has 1 aromatic heterocycles. The van der Waals surface area contributed by atoms with E-state index in [1.165, 1.54) is 24.4 Å². The largest absolute Gasteiger partial charge is 0.357 e. The Morgan fingerprint density at radius 1 is 1.43 bits per heavy atom. The summed E-state index contributed by atoms with van der Waals surface area (Å²) in [7, 11) is 0. The molecule has 0 aliphatic carbocycles. The minimum atomic E-state index is -0.496. The fraction of sp³-hybridized carbons (Fsp3) is 0. The van der Waals surface area contributed by atoms with Gasteiger partial charge < -0.3 is 4.98 Å². The number of aromatic nitrogens is 1. The van der Waals surface area contributed by atoms with Gasteiger partial charge in [0.15, 0.2) is 0 Å². The Labute approximate surface area is 78.4 Å². The van der Waals surface area contributed by atoms with Gasteiger partial charge in [-0.15, -0.1) is 0 Å². The maximum Gasteiger partial charge on any atom is 0.207 e. The lowest BCUT2D eigenvalue weighted by molar-refractivity contribution is 0.636. The van der Waals surface area contributed by atoms with Gasteiger partial charge >= 0.3 is 0 Å². The quantitative estimate of drug-likeness (QED) is 0.681. The van der Waals surface area contributed by atoms with Crippen LogP contribution in [0.15, 0.2) is 29.2 Å². The Morgan fingerprint density at radius 2 is 2.21 bits per heavy atom. The number of nitrogens with zero attached hydrogens (tertiary/aromatic N) is 1. The van der Waals surface area contributed by atoms with Crippen LogP contribution < -0.4 is 5.43 Å². The van der Waals surface area contributed by atoms with Gasteiger partial charge in [0.25, 0.3) is 0 Å². The average Bonchev–Trinajstić information content (AvgIpc) is 2.20. The highest BCUT2D eigenvalue weighted by Gasteiger charge is 2.06. The first-order valence-electron chi connectivity index (χ1n) is 3.94. The summed E-state index contributed by atoms with van der Waals surface area (Å²) in [6, 6.07) is 5.92. The normalized spacial score (nSPS) is 10.0. The van der Waals surface area contributed by atoms with Gasteiger partial charge in [-0.05, 0) is 12.1 Å². The fourth-order valence-corrected chi connectivity index (χ4v) is 1.30. The zero-order valence-corrected chi connectivity index (χ0v) is 7.04. The van der Waals surface area contributed by atoms with E-state index in [0.29, 0.717) is 0 Å². The Hall–Kier alpha value is -2.15. The van der Waals surface area contributed by atoms with Crippen LogP contribution in [0.3, 0.4) is 0 Å². The van der Waals surface area contributed by atoms with E-state index in [0.717, 1.165) is 0 Å². The molecule has 0 atom stereocenters. The SMILES string of the molecule is N#Cc1c[nH]c2c(F)cccc2c1=O. The highest BCUT2D eigenvalue weighted by molar-refractivity contribution is 5.79. The molecule has 3 nitrogen and oxygen atoms in total. The molecule has 1 aromatic carbocycles. The first kappa shape index (κ1) is 8.45. The highest BCUT2D eigenvalue weighted by Crippen LogP contribution is 2.11. The van der Waals surface area contributed by atoms with Crippen LogP contribution in [0.25, 0.3) is 10.9 Å². The fourth-order valence-electron chi connectivity index (χ4n) is 1.30. The summed E-state index contributed by atoms with van der Waals surface area (Å²) in [5.74, 6) is -0.496. The maximum atomic E-state index is 13.1. The van der Waals surface area contributed by atoms with Gasteiger partial charge in [-0.2, -0.15) is 5.26 Å². The number of nitrogens with one attached hydrogen (secondary N) is 1. The standard InChI is InChI=1S/C10H5FN2O/c11-8-3-1-2-7-9(8)13-5-6(4-12)10(7)14/h1-3,5H,(H,13,14). The van der Waals surface area contributed by atoms with Crippen molar-refractivity contribution in [1.29, 1.82) is 5.26 Å². The van der Waals surface area contributed by atoms with Crippen LogP contribution in [-0.4, -0.2) is 4.98 Å². The Morgan fingerprint density at radius 3 is 2.93 bits per heavy atom. The zero-order chi connectivity index (χ0) is 10.1. The summed E-state index contributed by atoms with van der Waals surface area (Å²) in [6.45, 7) is 0. The highest BCUT2D eigenvalue weighted by atomic mass is 19.1. The number of pyridine rings is 1. The second-order valence-electron chi connectivity index (χ2n) is 2.81. The molecule has 0 saturated heterocycles. The van der Waals surface area contributed by atoms with E-state index in [2.05, 4.69) is 4.98 Å². The third-order valence-corrected chi connectivity index (χ3v) is 1.98. The molecule has 0 saturated carbocycles. The van der Waals surface area contributed by atoms with Gasteiger partial charge in [0.05, 0.1) is 5.52 Å². The monoisotopic (exact) mass is 188 g/mol. The summed E-state index contributed by atoms with van der Waals surface area (Å²) >= 11 is 0. The maximum absolute atomic E-state index is 13.1. The molecule has 1 N–H and O–H groups in total. The number of para-hydroxylation sites is 1. The molecule has 68 valence electrons. The first-order valence-corrected chi connectivity index (χ1v) is 3.94. The van der Waals surface area contributed by atoms with Crippen LogP contribution in [-0.2, 0) is 0 Å². The summed E-state index contributed by atoms with van der Waals surface area (Å²) in [5, 5.41) is 8.78. The number of benzene rings is 1. The molecule has 0 aliphatic heterocycles. The molecule has 0 aliphatic rings. The molecule has 1 heterocycles. The van der Waals surface area contributed by atoms with Crippen molar-refractivity contribution in [3.05, 3.63) is 46.0 Å². The Balaban J connectivity index is 3.00. The van der Waals surface area contributed by atoms with Crippen molar-refractivity contribution in [1.82, 2.24) is 4.98 Å². The van der Waals surface area contributed by atoms with Crippen molar-refractivity contribution in [2.75, 3.05) is 0 Å². The third kappa shape index (κ3) is 1.07. The van der Waals surface area contributed by atoms with E-state index >= 15 is 0 Å². The van der Waals surface area contributed by atoms with Gasteiger partial charge in [0.2, 0.25) is 5.43 Å². The van der Waals surface area contributed by atoms with Crippen molar-refractivity contribution in [2.24, 2.45) is 0 Å². The first-order chi connectivity index (χ1) is 6.74. The smallest absolute Gasteiger partial charge is 0.207 e. The lowest BCUT2D eigenvalue weighted by Gasteiger charge is -1.98. The van der Waals surface area contributed by atoms with Crippen molar-refractivity contribution < 1.29 is 4.39 Å².